The van der Waals surface area contributed by atoms with E-state index in [9.17, 15) is 9.90 Å². The van der Waals surface area contributed by atoms with Crippen molar-refractivity contribution in [1.82, 2.24) is 15.3 Å². The van der Waals surface area contributed by atoms with Crippen LogP contribution in [0.5, 0.6) is 0 Å². The first kappa shape index (κ1) is 13.8. The Labute approximate surface area is 123 Å². The lowest BCUT2D eigenvalue weighted by Crippen LogP contribution is -2.39. The van der Waals surface area contributed by atoms with Gasteiger partial charge in [0.2, 0.25) is 0 Å². The van der Waals surface area contributed by atoms with Gasteiger partial charge < -0.3 is 15.4 Å². The van der Waals surface area contributed by atoms with Gasteiger partial charge in [-0.3, -0.25) is 4.79 Å². The molecule has 21 heavy (non-hydrogen) atoms. The van der Waals surface area contributed by atoms with Crippen molar-refractivity contribution in [1.29, 1.82) is 0 Å². The Bertz CT molecular complexity index is 601. The summed E-state index contributed by atoms with van der Waals surface area (Å²) in [6.07, 6.45) is 4.59. The number of carbonyl (C=O) groups is 1. The Morgan fingerprint density at radius 2 is 1.90 bits per heavy atom. The summed E-state index contributed by atoms with van der Waals surface area (Å²) < 4.78 is 0. The molecule has 2 aromatic rings. The van der Waals surface area contributed by atoms with Gasteiger partial charge in [-0.05, 0) is 31.2 Å². The molecule has 0 spiro atoms. The van der Waals surface area contributed by atoms with Gasteiger partial charge in [-0.1, -0.05) is 30.3 Å². The van der Waals surface area contributed by atoms with Crippen molar-refractivity contribution in [3.8, 4) is 11.3 Å². The molecule has 110 valence electrons. The molecule has 3 N–H and O–H groups in total. The summed E-state index contributed by atoms with van der Waals surface area (Å²) in [4.78, 5) is 19.4. The zero-order valence-corrected chi connectivity index (χ0v) is 11.7. The van der Waals surface area contributed by atoms with E-state index in [1.54, 1.807) is 6.20 Å². The lowest BCUT2D eigenvalue weighted by Gasteiger charge is -2.25. The number of aromatic amines is 1. The average Bonchev–Trinajstić information content (AvgIpc) is 3.00. The number of amides is 1. The summed E-state index contributed by atoms with van der Waals surface area (Å²) in [5, 5.41) is 12.5. The molecule has 5 nitrogen and oxygen atoms in total. The topological polar surface area (TPSA) is 78.0 Å². The highest BCUT2D eigenvalue weighted by Crippen LogP contribution is 2.19. The largest absolute Gasteiger partial charge is 0.393 e. The number of benzene rings is 1. The Balaban J connectivity index is 1.64. The molecule has 1 heterocycles. The van der Waals surface area contributed by atoms with E-state index in [1.807, 2.05) is 30.3 Å². The van der Waals surface area contributed by atoms with E-state index < -0.39 is 0 Å². The van der Waals surface area contributed by atoms with Crippen molar-refractivity contribution in [2.45, 2.75) is 37.8 Å². The fourth-order valence-corrected chi connectivity index (χ4v) is 2.67. The molecule has 3 rings (SSSR count). The van der Waals surface area contributed by atoms with Crippen LogP contribution in [0.2, 0.25) is 0 Å². The number of imidazole rings is 1. The fraction of sp³-hybridized carbons (Fsp3) is 0.375. The molecule has 0 radical (unpaired) electrons. The highest BCUT2D eigenvalue weighted by atomic mass is 16.3. The van der Waals surface area contributed by atoms with Gasteiger partial charge in [-0.15, -0.1) is 0 Å². The molecule has 1 fully saturated rings. The highest BCUT2D eigenvalue weighted by molar-refractivity contribution is 5.91. The Kier molecular flexibility index (Phi) is 4.01. The Morgan fingerprint density at radius 1 is 1.19 bits per heavy atom. The molecule has 1 aliphatic rings. The first-order valence-corrected chi connectivity index (χ1v) is 7.32. The summed E-state index contributed by atoms with van der Waals surface area (Å²) in [5.74, 6) is 0.151. The van der Waals surface area contributed by atoms with Crippen molar-refractivity contribution in [3.05, 3.63) is 42.4 Å². The number of carbonyl (C=O) groups excluding carboxylic acids is 1. The van der Waals surface area contributed by atoms with E-state index in [0.717, 1.165) is 36.9 Å². The predicted molar refractivity (Wildman–Crippen MR) is 79.8 cm³/mol. The zero-order chi connectivity index (χ0) is 14.7. The second kappa shape index (κ2) is 6.10. The first-order chi connectivity index (χ1) is 10.2. The maximum atomic E-state index is 12.2. The van der Waals surface area contributed by atoms with E-state index in [-0.39, 0.29) is 18.1 Å². The summed E-state index contributed by atoms with van der Waals surface area (Å²) >= 11 is 0. The third-order valence-corrected chi connectivity index (χ3v) is 3.91. The van der Waals surface area contributed by atoms with E-state index in [0.29, 0.717) is 5.82 Å². The predicted octanol–water partition coefficient (Wildman–Crippen LogP) is 2.11. The number of nitrogens with one attached hydrogen (secondary N) is 2. The van der Waals surface area contributed by atoms with E-state index in [4.69, 9.17) is 0 Å². The van der Waals surface area contributed by atoms with Gasteiger partial charge in [0.25, 0.3) is 5.91 Å². The molecule has 1 aromatic carbocycles. The molecular formula is C16H19N3O2. The maximum absolute atomic E-state index is 12.2. The fourth-order valence-electron chi connectivity index (χ4n) is 2.67. The summed E-state index contributed by atoms with van der Waals surface area (Å²) in [6, 6.07) is 9.92. The molecule has 1 amide bonds. The first-order valence-electron chi connectivity index (χ1n) is 7.32. The second-order valence-corrected chi connectivity index (χ2v) is 5.49. The molecule has 0 saturated heterocycles. The van der Waals surface area contributed by atoms with Crippen LogP contribution in [0.15, 0.2) is 36.5 Å². The van der Waals surface area contributed by atoms with Crippen LogP contribution in [0.1, 0.15) is 36.3 Å². The van der Waals surface area contributed by atoms with Crippen molar-refractivity contribution in [3.63, 3.8) is 0 Å². The van der Waals surface area contributed by atoms with Gasteiger partial charge in [0.05, 0.1) is 18.0 Å². The summed E-state index contributed by atoms with van der Waals surface area (Å²) in [6.45, 7) is 0. The second-order valence-electron chi connectivity index (χ2n) is 5.49. The Hall–Kier alpha value is -2.14. The zero-order valence-electron chi connectivity index (χ0n) is 11.7. The molecule has 0 atom stereocenters. The Morgan fingerprint density at radius 3 is 2.62 bits per heavy atom. The summed E-state index contributed by atoms with van der Waals surface area (Å²) in [7, 11) is 0. The van der Waals surface area contributed by atoms with Gasteiger partial charge in [-0.2, -0.15) is 0 Å². The van der Waals surface area contributed by atoms with Crippen LogP contribution in [-0.2, 0) is 0 Å². The lowest BCUT2D eigenvalue weighted by atomic mass is 9.93. The standard InChI is InChI=1S/C16H19N3O2/c20-13-8-6-12(7-9-13)18-16(21)15-17-10-14(19-15)11-4-2-1-3-5-11/h1-5,10,12-13,20H,6-9H2,(H,17,19)(H,18,21). The molecule has 0 bridgehead atoms. The van der Waals surface area contributed by atoms with E-state index in [1.165, 1.54) is 0 Å². The highest BCUT2D eigenvalue weighted by Gasteiger charge is 2.22. The monoisotopic (exact) mass is 285 g/mol. The molecule has 0 aliphatic heterocycles. The number of H-pyrrole nitrogens is 1. The lowest BCUT2D eigenvalue weighted by molar-refractivity contribution is 0.0859. The van der Waals surface area contributed by atoms with Crippen LogP contribution in [0.25, 0.3) is 11.3 Å². The van der Waals surface area contributed by atoms with Crippen molar-refractivity contribution < 1.29 is 9.90 Å². The van der Waals surface area contributed by atoms with Crippen molar-refractivity contribution >= 4 is 5.91 Å². The molecule has 0 unspecified atom stereocenters. The van der Waals surface area contributed by atoms with Crippen LogP contribution in [0.3, 0.4) is 0 Å². The van der Waals surface area contributed by atoms with Crippen molar-refractivity contribution in [2.75, 3.05) is 0 Å². The van der Waals surface area contributed by atoms with Crippen LogP contribution < -0.4 is 5.32 Å². The van der Waals surface area contributed by atoms with Crippen LogP contribution >= 0.6 is 0 Å². The molecule has 1 aromatic heterocycles. The number of aliphatic hydroxyl groups excluding tert-OH is 1. The normalized spacial score (nSPS) is 22.0. The van der Waals surface area contributed by atoms with Crippen molar-refractivity contribution in [2.24, 2.45) is 0 Å². The number of rotatable bonds is 3. The van der Waals surface area contributed by atoms with Gasteiger partial charge in [-0.25, -0.2) is 4.98 Å². The smallest absolute Gasteiger partial charge is 0.287 e. The number of hydrogen-bond donors (Lipinski definition) is 3. The third kappa shape index (κ3) is 3.31. The summed E-state index contributed by atoms with van der Waals surface area (Å²) in [5.41, 5.74) is 1.84. The third-order valence-electron chi connectivity index (χ3n) is 3.91. The number of aromatic nitrogens is 2. The van der Waals surface area contributed by atoms with Crippen LogP contribution in [0.4, 0.5) is 0 Å². The molecule has 1 saturated carbocycles. The number of aliphatic hydroxyl groups is 1. The van der Waals surface area contributed by atoms with Gasteiger partial charge >= 0.3 is 0 Å². The maximum Gasteiger partial charge on any atom is 0.287 e. The quantitative estimate of drug-likeness (QED) is 0.808. The van der Waals surface area contributed by atoms with Gasteiger partial charge in [0.15, 0.2) is 5.82 Å². The minimum Gasteiger partial charge on any atom is -0.393 e. The van der Waals surface area contributed by atoms with E-state index >= 15 is 0 Å². The molecule has 1 aliphatic carbocycles. The number of nitrogens with zero attached hydrogens (tertiary/aromatic N) is 1. The van der Waals surface area contributed by atoms with Crippen LogP contribution in [0, 0.1) is 0 Å². The SMILES string of the molecule is O=C(NC1CCC(O)CC1)c1ncc(-c2ccccc2)[nH]1. The minimum absolute atomic E-state index is 0.131. The van der Waals surface area contributed by atoms with Gasteiger partial charge in [0.1, 0.15) is 0 Å². The minimum atomic E-state index is -0.216. The van der Waals surface area contributed by atoms with E-state index in [2.05, 4.69) is 15.3 Å². The van der Waals surface area contributed by atoms with Gasteiger partial charge in [0, 0.05) is 6.04 Å². The molecular weight excluding hydrogens is 266 g/mol. The number of hydrogen-bond acceptors (Lipinski definition) is 3. The molecule has 5 heteroatoms. The average molecular weight is 285 g/mol. The van der Waals surface area contributed by atoms with Crippen LogP contribution in [-0.4, -0.2) is 33.1 Å².